The molecule has 0 saturated heterocycles. The number of aliphatic hydroxyl groups is 1. The zero-order valence-corrected chi connectivity index (χ0v) is 13.1. The van der Waals surface area contributed by atoms with Gasteiger partial charge in [0.1, 0.15) is 5.82 Å². The summed E-state index contributed by atoms with van der Waals surface area (Å²) in [5.74, 6) is -0.579. The number of anilines is 2. The zero-order chi connectivity index (χ0) is 16.4. The lowest BCUT2D eigenvalue weighted by Gasteiger charge is -2.27. The minimum atomic E-state index is -0.738. The molecule has 23 heavy (non-hydrogen) atoms. The highest BCUT2D eigenvalue weighted by Gasteiger charge is 2.22. The molecule has 1 atom stereocenters. The Morgan fingerprint density at radius 2 is 2.00 bits per heavy atom. The third-order valence-electron chi connectivity index (χ3n) is 3.83. The summed E-state index contributed by atoms with van der Waals surface area (Å²) in [6, 6.07) is 11.2. The number of carbonyl (C=O) groups excluding carboxylic acids is 1. The zero-order valence-electron chi connectivity index (χ0n) is 12.3. The minimum Gasteiger partial charge on any atom is -0.387 e. The van der Waals surface area contributed by atoms with Gasteiger partial charge < -0.3 is 15.3 Å². The van der Waals surface area contributed by atoms with Crippen molar-refractivity contribution in [3.8, 4) is 0 Å². The smallest absolute Gasteiger partial charge is 0.226 e. The average molecular weight is 335 g/mol. The topological polar surface area (TPSA) is 52.6 Å². The van der Waals surface area contributed by atoms with Gasteiger partial charge in [-0.2, -0.15) is 0 Å². The normalized spacial score (nSPS) is 15.6. The van der Waals surface area contributed by atoms with E-state index in [2.05, 4.69) is 5.32 Å². The maximum absolute atomic E-state index is 13.4. The molecule has 1 aliphatic rings. The van der Waals surface area contributed by atoms with E-state index in [4.69, 9.17) is 11.6 Å². The first-order valence-corrected chi connectivity index (χ1v) is 7.68. The molecule has 1 heterocycles. The molecular weight excluding hydrogens is 319 g/mol. The summed E-state index contributed by atoms with van der Waals surface area (Å²) in [5, 5.41) is 13.7. The highest BCUT2D eigenvalue weighted by Crippen LogP contribution is 2.31. The first kappa shape index (κ1) is 15.8. The second kappa shape index (κ2) is 6.56. The number of aliphatic hydroxyl groups excluding tert-OH is 1. The SMILES string of the molecule is O=C1CCN(CC(O)c2ccc(Cl)cc2)c2ccc(F)cc2N1. The Morgan fingerprint density at radius 1 is 1.26 bits per heavy atom. The maximum atomic E-state index is 13.4. The van der Waals surface area contributed by atoms with Crippen LogP contribution in [0, 0.1) is 5.82 Å². The van der Waals surface area contributed by atoms with Crippen LogP contribution in [0.15, 0.2) is 42.5 Å². The van der Waals surface area contributed by atoms with Gasteiger partial charge in [0.2, 0.25) is 5.91 Å². The van der Waals surface area contributed by atoms with E-state index in [1.165, 1.54) is 12.1 Å². The number of benzene rings is 2. The van der Waals surface area contributed by atoms with E-state index in [-0.39, 0.29) is 12.3 Å². The number of carbonyl (C=O) groups is 1. The lowest BCUT2D eigenvalue weighted by atomic mass is 10.1. The molecule has 1 unspecified atom stereocenters. The van der Waals surface area contributed by atoms with Gasteiger partial charge in [0.15, 0.2) is 0 Å². The van der Waals surface area contributed by atoms with Crippen molar-refractivity contribution in [3.05, 3.63) is 58.9 Å². The van der Waals surface area contributed by atoms with Gasteiger partial charge in [-0.25, -0.2) is 4.39 Å². The Labute approximate surface area is 138 Å². The van der Waals surface area contributed by atoms with Crippen LogP contribution >= 0.6 is 11.6 Å². The average Bonchev–Trinajstić information content (AvgIpc) is 2.66. The fraction of sp³-hybridized carbons (Fsp3) is 0.235. The van der Waals surface area contributed by atoms with Crippen LogP contribution in [0.25, 0.3) is 0 Å². The molecule has 0 bridgehead atoms. The summed E-state index contributed by atoms with van der Waals surface area (Å²) in [7, 11) is 0. The Balaban J connectivity index is 1.85. The maximum Gasteiger partial charge on any atom is 0.226 e. The molecule has 120 valence electrons. The first-order valence-electron chi connectivity index (χ1n) is 7.31. The highest BCUT2D eigenvalue weighted by molar-refractivity contribution is 6.30. The van der Waals surface area contributed by atoms with E-state index in [1.807, 2.05) is 4.90 Å². The highest BCUT2D eigenvalue weighted by atomic mass is 35.5. The molecule has 4 nitrogen and oxygen atoms in total. The van der Waals surface area contributed by atoms with Crippen LogP contribution < -0.4 is 10.2 Å². The summed E-state index contributed by atoms with van der Waals surface area (Å²) in [5.41, 5.74) is 1.86. The number of halogens is 2. The van der Waals surface area contributed by atoms with Gasteiger partial charge in [-0.15, -0.1) is 0 Å². The third kappa shape index (κ3) is 3.63. The van der Waals surface area contributed by atoms with Crippen LogP contribution in [0.5, 0.6) is 0 Å². The monoisotopic (exact) mass is 334 g/mol. The Kier molecular flexibility index (Phi) is 4.50. The van der Waals surface area contributed by atoms with E-state index in [9.17, 15) is 14.3 Å². The molecule has 1 amide bonds. The van der Waals surface area contributed by atoms with Crippen molar-refractivity contribution in [3.63, 3.8) is 0 Å². The molecule has 2 N–H and O–H groups in total. The van der Waals surface area contributed by atoms with E-state index in [1.54, 1.807) is 30.3 Å². The Hall–Kier alpha value is -2.11. The van der Waals surface area contributed by atoms with Gasteiger partial charge in [-0.1, -0.05) is 23.7 Å². The number of hydrogen-bond donors (Lipinski definition) is 2. The van der Waals surface area contributed by atoms with Crippen molar-refractivity contribution in [1.82, 2.24) is 0 Å². The lowest BCUT2D eigenvalue weighted by molar-refractivity contribution is -0.116. The number of fused-ring (bicyclic) bond motifs is 1. The van der Waals surface area contributed by atoms with Gasteiger partial charge >= 0.3 is 0 Å². The number of hydrogen-bond acceptors (Lipinski definition) is 3. The van der Waals surface area contributed by atoms with Crippen LogP contribution in [-0.4, -0.2) is 24.1 Å². The number of β-amino-alcohol motifs (C(OH)–C–C–N with tert-alkyl or cyclic N) is 1. The Morgan fingerprint density at radius 3 is 2.74 bits per heavy atom. The second-order valence-electron chi connectivity index (χ2n) is 5.47. The fourth-order valence-corrected chi connectivity index (χ4v) is 2.77. The van der Waals surface area contributed by atoms with Crippen LogP contribution in [0.3, 0.4) is 0 Å². The molecule has 6 heteroatoms. The quantitative estimate of drug-likeness (QED) is 0.905. The molecule has 0 radical (unpaired) electrons. The minimum absolute atomic E-state index is 0.166. The number of nitrogens with zero attached hydrogens (tertiary/aromatic N) is 1. The van der Waals surface area contributed by atoms with Crippen molar-refractivity contribution < 1.29 is 14.3 Å². The third-order valence-corrected chi connectivity index (χ3v) is 4.08. The summed E-state index contributed by atoms with van der Waals surface area (Å²) in [6.45, 7) is 0.754. The van der Waals surface area contributed by atoms with Crippen LogP contribution in [0.2, 0.25) is 5.02 Å². The summed E-state index contributed by atoms with van der Waals surface area (Å²) in [6.07, 6.45) is -0.456. The number of rotatable bonds is 3. The largest absolute Gasteiger partial charge is 0.387 e. The van der Waals surface area contributed by atoms with Gasteiger partial charge in [0.25, 0.3) is 0 Å². The van der Waals surface area contributed by atoms with Crippen molar-refractivity contribution >= 4 is 28.9 Å². The van der Waals surface area contributed by atoms with Crippen LogP contribution in [-0.2, 0) is 4.79 Å². The predicted octanol–water partition coefficient (Wildman–Crippen LogP) is 3.36. The van der Waals surface area contributed by atoms with E-state index >= 15 is 0 Å². The molecule has 0 spiro atoms. The number of amides is 1. The van der Waals surface area contributed by atoms with Gasteiger partial charge in [0, 0.05) is 24.5 Å². The van der Waals surface area contributed by atoms with Crippen molar-refractivity contribution in [2.45, 2.75) is 12.5 Å². The lowest BCUT2D eigenvalue weighted by Crippen LogP contribution is -2.29. The molecule has 2 aromatic carbocycles. The van der Waals surface area contributed by atoms with E-state index < -0.39 is 11.9 Å². The molecule has 0 fully saturated rings. The molecular formula is C17H16ClFN2O2. The Bertz CT molecular complexity index is 721. The second-order valence-corrected chi connectivity index (χ2v) is 5.91. The molecule has 1 aliphatic heterocycles. The summed E-state index contributed by atoms with van der Waals surface area (Å²) in [4.78, 5) is 13.6. The number of nitrogens with one attached hydrogen (secondary N) is 1. The van der Waals surface area contributed by atoms with Crippen molar-refractivity contribution in [2.24, 2.45) is 0 Å². The molecule has 0 aliphatic carbocycles. The fourth-order valence-electron chi connectivity index (χ4n) is 2.64. The molecule has 2 aromatic rings. The molecule has 0 saturated carbocycles. The predicted molar refractivity (Wildman–Crippen MR) is 88.3 cm³/mol. The molecule has 3 rings (SSSR count). The first-order chi connectivity index (χ1) is 11.0. The van der Waals surface area contributed by atoms with Gasteiger partial charge in [-0.05, 0) is 35.9 Å². The van der Waals surface area contributed by atoms with Crippen LogP contribution in [0.4, 0.5) is 15.8 Å². The standard InChI is InChI=1S/C17H16ClFN2O2/c18-12-3-1-11(2-4-12)16(22)10-21-8-7-17(23)20-14-9-13(19)5-6-15(14)21/h1-6,9,16,22H,7-8,10H2,(H,20,23). The van der Waals surface area contributed by atoms with Crippen LogP contribution in [0.1, 0.15) is 18.1 Å². The van der Waals surface area contributed by atoms with Gasteiger partial charge in [0.05, 0.1) is 17.5 Å². The summed E-state index contributed by atoms with van der Waals surface area (Å²) >= 11 is 5.85. The van der Waals surface area contributed by atoms with Crippen molar-refractivity contribution in [1.29, 1.82) is 0 Å². The van der Waals surface area contributed by atoms with Gasteiger partial charge in [-0.3, -0.25) is 4.79 Å². The van der Waals surface area contributed by atoms with E-state index in [0.29, 0.717) is 29.5 Å². The summed E-state index contributed by atoms with van der Waals surface area (Å²) < 4.78 is 13.4. The van der Waals surface area contributed by atoms with Crippen molar-refractivity contribution in [2.75, 3.05) is 23.3 Å². The van der Waals surface area contributed by atoms with E-state index in [0.717, 1.165) is 5.56 Å². The molecule has 0 aromatic heterocycles.